The molecule has 0 saturated heterocycles. The number of methoxy groups -OCH3 is 1. The van der Waals surface area contributed by atoms with Gasteiger partial charge in [0, 0.05) is 12.6 Å². The lowest BCUT2D eigenvalue weighted by molar-refractivity contribution is -0.157. The Bertz CT molecular complexity index is 592. The van der Waals surface area contributed by atoms with Gasteiger partial charge in [0.25, 0.3) is 0 Å². The number of amides is 1. The minimum absolute atomic E-state index is 0.204. The van der Waals surface area contributed by atoms with Gasteiger partial charge in [0.15, 0.2) is 0 Å². The number of alkyl halides is 3. The summed E-state index contributed by atoms with van der Waals surface area (Å²) in [7, 11) is 1.25. The zero-order valence-electron chi connectivity index (χ0n) is 12.5. The first-order valence-electron chi connectivity index (χ1n) is 6.60. The van der Waals surface area contributed by atoms with Crippen LogP contribution in [-0.2, 0) is 9.53 Å². The van der Waals surface area contributed by atoms with Crippen molar-refractivity contribution in [2.45, 2.75) is 6.18 Å². The summed E-state index contributed by atoms with van der Waals surface area (Å²) >= 11 is 0. The molecule has 1 amide bonds. The highest BCUT2D eigenvalue weighted by Gasteiger charge is 2.31. The molecule has 0 fully saturated rings. The number of ether oxygens (including phenoxy) is 1. The summed E-state index contributed by atoms with van der Waals surface area (Å²) in [5, 5.41) is 0. The van der Waals surface area contributed by atoms with Crippen LogP contribution in [0.3, 0.4) is 0 Å². The third-order valence-corrected chi connectivity index (χ3v) is 2.78. The molecule has 0 bridgehead atoms. The van der Waals surface area contributed by atoms with E-state index in [1.54, 1.807) is 12.1 Å². The van der Waals surface area contributed by atoms with E-state index in [9.17, 15) is 22.8 Å². The second kappa shape index (κ2) is 8.17. The summed E-state index contributed by atoms with van der Waals surface area (Å²) in [5.74, 6) is -1.28. The van der Waals surface area contributed by atoms with Gasteiger partial charge in [-0.2, -0.15) is 13.2 Å². The number of carbonyl (C=O) groups excluding carboxylic acids is 2. The van der Waals surface area contributed by atoms with Crippen LogP contribution in [0, 0.1) is 0 Å². The van der Waals surface area contributed by atoms with Gasteiger partial charge in [0.1, 0.15) is 6.54 Å². The Morgan fingerprint density at radius 3 is 2.35 bits per heavy atom. The van der Waals surface area contributed by atoms with Crippen LogP contribution in [0.5, 0.6) is 0 Å². The Morgan fingerprint density at radius 1 is 1.26 bits per heavy atom. The number of benzene rings is 1. The summed E-state index contributed by atoms with van der Waals surface area (Å²) in [6.07, 6.45) is -0.838. The van der Waals surface area contributed by atoms with Crippen molar-refractivity contribution in [3.63, 3.8) is 0 Å². The highest BCUT2D eigenvalue weighted by atomic mass is 19.4. The van der Waals surface area contributed by atoms with Crippen molar-refractivity contribution in [2.75, 3.05) is 20.2 Å². The first-order chi connectivity index (χ1) is 10.8. The number of esters is 1. The molecule has 0 unspecified atom stereocenters. The molecule has 0 spiro atoms. The largest absolute Gasteiger partial charge is 0.465 e. The fraction of sp³-hybridized carbons (Fsp3) is 0.250. The normalized spacial score (nSPS) is 11.3. The van der Waals surface area contributed by atoms with Gasteiger partial charge in [-0.3, -0.25) is 4.79 Å². The Labute approximate surface area is 131 Å². The molecule has 0 aromatic heterocycles. The standard InChI is InChI=1S/C16H16F3NO3/c1-3-10-20(11-16(17,18)19)14(21)9-6-12-4-7-13(8-5-12)15(22)23-2/h3-9H,1,10-11H2,2H3/b9-6+. The van der Waals surface area contributed by atoms with Gasteiger partial charge in [0.05, 0.1) is 12.7 Å². The smallest absolute Gasteiger partial charge is 0.406 e. The van der Waals surface area contributed by atoms with Crippen LogP contribution < -0.4 is 0 Å². The lowest BCUT2D eigenvalue weighted by Gasteiger charge is -2.20. The maximum absolute atomic E-state index is 12.4. The molecule has 1 aromatic carbocycles. The van der Waals surface area contributed by atoms with Crippen LogP contribution in [0.1, 0.15) is 15.9 Å². The van der Waals surface area contributed by atoms with Crippen LogP contribution in [0.25, 0.3) is 6.08 Å². The van der Waals surface area contributed by atoms with Gasteiger partial charge in [0.2, 0.25) is 5.91 Å². The summed E-state index contributed by atoms with van der Waals surface area (Å²) in [5.41, 5.74) is 0.901. The number of halogens is 3. The third kappa shape index (κ3) is 6.37. The van der Waals surface area contributed by atoms with Gasteiger partial charge in [-0.1, -0.05) is 18.2 Å². The zero-order valence-corrected chi connectivity index (χ0v) is 12.5. The average Bonchev–Trinajstić information content (AvgIpc) is 2.50. The molecule has 0 saturated carbocycles. The highest BCUT2D eigenvalue weighted by molar-refractivity contribution is 5.92. The minimum atomic E-state index is -4.48. The number of hydrogen-bond donors (Lipinski definition) is 0. The average molecular weight is 327 g/mol. The molecule has 124 valence electrons. The van der Waals surface area contributed by atoms with Crippen molar-refractivity contribution < 1.29 is 27.5 Å². The summed E-state index contributed by atoms with van der Waals surface area (Å²) in [6, 6.07) is 6.09. The molecular formula is C16H16F3NO3. The van der Waals surface area contributed by atoms with E-state index in [4.69, 9.17) is 0 Å². The number of carbonyl (C=O) groups is 2. The topological polar surface area (TPSA) is 46.6 Å². The van der Waals surface area contributed by atoms with Gasteiger partial charge < -0.3 is 9.64 Å². The predicted octanol–water partition coefficient (Wildman–Crippen LogP) is 3.06. The quantitative estimate of drug-likeness (QED) is 0.458. The van der Waals surface area contributed by atoms with Crippen molar-refractivity contribution in [3.05, 3.63) is 54.1 Å². The highest BCUT2D eigenvalue weighted by Crippen LogP contribution is 2.17. The van der Waals surface area contributed by atoms with Crippen molar-refractivity contribution in [1.29, 1.82) is 0 Å². The molecular weight excluding hydrogens is 311 g/mol. The SMILES string of the molecule is C=CCN(CC(F)(F)F)C(=O)/C=C/c1ccc(C(=O)OC)cc1. The van der Waals surface area contributed by atoms with Crippen LogP contribution >= 0.6 is 0 Å². The number of hydrogen-bond acceptors (Lipinski definition) is 3. The second-order valence-corrected chi connectivity index (χ2v) is 4.57. The maximum atomic E-state index is 12.4. The van der Waals surface area contributed by atoms with Crippen LogP contribution in [-0.4, -0.2) is 43.2 Å². The van der Waals surface area contributed by atoms with E-state index in [0.29, 0.717) is 16.0 Å². The Balaban J connectivity index is 2.79. The summed E-state index contributed by atoms with van der Waals surface area (Å²) in [4.78, 5) is 23.7. The molecule has 4 nitrogen and oxygen atoms in total. The zero-order chi connectivity index (χ0) is 17.5. The number of nitrogens with zero attached hydrogens (tertiary/aromatic N) is 1. The fourth-order valence-electron chi connectivity index (χ4n) is 1.73. The van der Waals surface area contributed by atoms with Crippen molar-refractivity contribution in [2.24, 2.45) is 0 Å². The van der Waals surface area contributed by atoms with Crippen molar-refractivity contribution in [3.8, 4) is 0 Å². The van der Waals surface area contributed by atoms with E-state index in [-0.39, 0.29) is 6.54 Å². The molecule has 0 N–H and O–H groups in total. The Morgan fingerprint density at radius 2 is 1.87 bits per heavy atom. The van der Waals surface area contributed by atoms with Crippen LogP contribution in [0.15, 0.2) is 43.0 Å². The van der Waals surface area contributed by atoms with Crippen LogP contribution in [0.4, 0.5) is 13.2 Å². The Hall–Kier alpha value is -2.57. The fourth-order valence-corrected chi connectivity index (χ4v) is 1.73. The Kier molecular flexibility index (Phi) is 6.56. The van der Waals surface area contributed by atoms with E-state index in [1.807, 2.05) is 0 Å². The molecule has 0 aliphatic rings. The molecule has 7 heteroatoms. The lowest BCUT2D eigenvalue weighted by Crippen LogP contribution is -2.38. The maximum Gasteiger partial charge on any atom is 0.406 e. The molecule has 0 heterocycles. The van der Waals surface area contributed by atoms with E-state index < -0.39 is 24.6 Å². The van der Waals surface area contributed by atoms with Gasteiger partial charge in [-0.25, -0.2) is 4.79 Å². The number of rotatable bonds is 6. The van der Waals surface area contributed by atoms with E-state index >= 15 is 0 Å². The third-order valence-electron chi connectivity index (χ3n) is 2.78. The van der Waals surface area contributed by atoms with Crippen molar-refractivity contribution in [1.82, 2.24) is 4.90 Å². The minimum Gasteiger partial charge on any atom is -0.465 e. The predicted molar refractivity (Wildman–Crippen MR) is 79.6 cm³/mol. The molecule has 23 heavy (non-hydrogen) atoms. The second-order valence-electron chi connectivity index (χ2n) is 4.57. The molecule has 0 aliphatic heterocycles. The molecule has 1 aromatic rings. The molecule has 1 rings (SSSR count). The summed E-state index contributed by atoms with van der Waals surface area (Å²) < 4.78 is 41.8. The van der Waals surface area contributed by atoms with Crippen molar-refractivity contribution >= 4 is 18.0 Å². The summed E-state index contributed by atoms with van der Waals surface area (Å²) in [6.45, 7) is 1.79. The molecule has 0 radical (unpaired) electrons. The lowest BCUT2D eigenvalue weighted by atomic mass is 10.1. The van der Waals surface area contributed by atoms with Gasteiger partial charge in [-0.05, 0) is 23.8 Å². The van der Waals surface area contributed by atoms with Gasteiger partial charge in [-0.15, -0.1) is 6.58 Å². The monoisotopic (exact) mass is 327 g/mol. The van der Waals surface area contributed by atoms with E-state index in [0.717, 1.165) is 6.08 Å². The van der Waals surface area contributed by atoms with Crippen LogP contribution in [0.2, 0.25) is 0 Å². The molecule has 0 atom stereocenters. The van der Waals surface area contributed by atoms with E-state index in [2.05, 4.69) is 11.3 Å². The first kappa shape index (κ1) is 18.5. The molecule has 0 aliphatic carbocycles. The van der Waals surface area contributed by atoms with Gasteiger partial charge >= 0.3 is 12.1 Å². The van der Waals surface area contributed by atoms with E-state index in [1.165, 1.54) is 31.4 Å². The first-order valence-corrected chi connectivity index (χ1v) is 6.60.